The maximum absolute atomic E-state index is 12.9. The summed E-state index contributed by atoms with van der Waals surface area (Å²) in [5, 5.41) is 12.5. The smallest absolute Gasteiger partial charge is 0.247 e. The average molecular weight is 722 g/mol. The molecule has 3 heterocycles. The number of benzene rings is 4. The predicted octanol–water partition coefficient (Wildman–Crippen LogP) is 7.14. The molecular weight excluding hydrogens is 691 g/mol. The molecule has 0 radical (unpaired) electrons. The lowest BCUT2D eigenvalue weighted by atomic mass is 10.1. The summed E-state index contributed by atoms with van der Waals surface area (Å²) in [6, 6.07) is 26.9. The molecule has 0 aliphatic carbocycles. The second-order valence-electron chi connectivity index (χ2n) is 11.1. The van der Waals surface area contributed by atoms with Crippen molar-refractivity contribution in [3.8, 4) is 44.8 Å². The van der Waals surface area contributed by atoms with Gasteiger partial charge in [-0.15, -0.1) is 11.3 Å². The van der Waals surface area contributed by atoms with Crippen LogP contribution >= 0.6 is 11.3 Å². The van der Waals surface area contributed by atoms with Crippen molar-refractivity contribution in [2.45, 2.75) is 4.21 Å². The minimum absolute atomic E-state index is 0.0968. The molecule has 0 saturated heterocycles. The number of nitrogens with one attached hydrogen (secondary N) is 2. The Labute approximate surface area is 297 Å². The van der Waals surface area contributed by atoms with E-state index >= 15 is 0 Å². The van der Waals surface area contributed by atoms with Crippen molar-refractivity contribution in [2.24, 2.45) is 5.14 Å². The van der Waals surface area contributed by atoms with Crippen LogP contribution in [0, 0.1) is 0 Å². The van der Waals surface area contributed by atoms with Gasteiger partial charge in [0.2, 0.25) is 10.0 Å². The van der Waals surface area contributed by atoms with E-state index < -0.39 is 10.0 Å². The highest BCUT2D eigenvalue weighted by atomic mass is 32.2. The van der Waals surface area contributed by atoms with E-state index in [1.54, 1.807) is 64.8 Å². The van der Waals surface area contributed by atoms with E-state index in [-0.39, 0.29) is 4.21 Å². The van der Waals surface area contributed by atoms with E-state index in [1.807, 2.05) is 48.5 Å². The first-order valence-corrected chi connectivity index (χ1v) is 17.7. The molecule has 0 atom stereocenters. The molecule has 0 fully saturated rings. The fourth-order valence-corrected chi connectivity index (χ4v) is 7.29. The monoisotopic (exact) mass is 721 g/mol. The highest BCUT2D eigenvalue weighted by Gasteiger charge is 2.27. The lowest BCUT2D eigenvalue weighted by Crippen LogP contribution is -2.10. The van der Waals surface area contributed by atoms with Gasteiger partial charge in [-0.1, -0.05) is 24.3 Å². The standard InChI is InChI=1S/C36H31N7O6S2/c1-46-22-13-20(14-23(17-22)47-2)38-35-32(40-27-9-5-7-11-29(27)42-35)26-19-31(51(37,44)45)50-34(26)33-36(43-30-12-8-6-10-28(30)41-33)39-21-15-24(48-3)18-25(16-21)49-4/h5-19H,1-4H3,(H,38,42)(H,39,43)(H2,37,44,45). The topological polar surface area (TPSA) is 173 Å². The summed E-state index contributed by atoms with van der Waals surface area (Å²) in [5.41, 5.74) is 4.71. The molecule has 258 valence electrons. The van der Waals surface area contributed by atoms with Crippen molar-refractivity contribution >= 4 is 66.4 Å². The van der Waals surface area contributed by atoms with Gasteiger partial charge < -0.3 is 29.6 Å². The lowest BCUT2D eigenvalue weighted by molar-refractivity contribution is 0.394. The van der Waals surface area contributed by atoms with Crippen LogP contribution in [0.5, 0.6) is 23.0 Å². The van der Waals surface area contributed by atoms with Gasteiger partial charge in [-0.25, -0.2) is 33.5 Å². The minimum Gasteiger partial charge on any atom is -0.497 e. The molecule has 13 nitrogen and oxygen atoms in total. The third-order valence-corrected chi connectivity index (χ3v) is 10.4. The number of thiophene rings is 1. The first-order valence-electron chi connectivity index (χ1n) is 15.4. The molecule has 4 N–H and O–H groups in total. The SMILES string of the molecule is COc1cc(Nc2nc3ccccc3nc2-c2cc(S(N)(=O)=O)sc2-c2nc3ccccc3nc2Nc2cc(OC)cc(OC)c2)cc(OC)c1. The molecule has 0 aliphatic heterocycles. The van der Waals surface area contributed by atoms with Crippen LogP contribution in [0.2, 0.25) is 0 Å². The van der Waals surface area contributed by atoms with Gasteiger partial charge in [0.1, 0.15) is 38.6 Å². The van der Waals surface area contributed by atoms with Crippen molar-refractivity contribution in [3.05, 3.63) is 91.0 Å². The molecule has 0 bridgehead atoms. The van der Waals surface area contributed by atoms with Crippen LogP contribution in [0.4, 0.5) is 23.0 Å². The van der Waals surface area contributed by atoms with Crippen LogP contribution in [0.1, 0.15) is 0 Å². The van der Waals surface area contributed by atoms with E-state index in [4.69, 9.17) is 44.0 Å². The van der Waals surface area contributed by atoms with Gasteiger partial charge in [0, 0.05) is 53.3 Å². The molecule has 0 spiro atoms. The molecule has 0 aliphatic rings. The first kappa shape index (κ1) is 33.5. The van der Waals surface area contributed by atoms with Crippen LogP contribution in [0.15, 0.2) is 95.2 Å². The Morgan fingerprint density at radius 1 is 0.569 bits per heavy atom. The Bertz CT molecular complexity index is 2340. The van der Waals surface area contributed by atoms with Crippen molar-refractivity contribution in [1.29, 1.82) is 0 Å². The van der Waals surface area contributed by atoms with Crippen molar-refractivity contribution in [2.75, 3.05) is 39.1 Å². The summed E-state index contributed by atoms with van der Waals surface area (Å²) in [4.78, 5) is 20.3. The summed E-state index contributed by atoms with van der Waals surface area (Å²) in [5.74, 6) is 2.89. The highest BCUT2D eigenvalue weighted by Crippen LogP contribution is 2.45. The maximum atomic E-state index is 12.9. The van der Waals surface area contributed by atoms with E-state index in [9.17, 15) is 8.42 Å². The third-order valence-electron chi connectivity index (χ3n) is 7.83. The van der Waals surface area contributed by atoms with Crippen LogP contribution in [-0.2, 0) is 10.0 Å². The number of rotatable bonds is 11. The van der Waals surface area contributed by atoms with Crippen LogP contribution < -0.4 is 34.7 Å². The van der Waals surface area contributed by atoms with Crippen LogP contribution in [0.3, 0.4) is 0 Å². The molecule has 51 heavy (non-hydrogen) atoms. The summed E-state index contributed by atoms with van der Waals surface area (Å²) < 4.78 is 47.8. The zero-order chi connectivity index (χ0) is 35.7. The second-order valence-corrected chi connectivity index (χ2v) is 14.0. The number of hydrogen-bond donors (Lipinski definition) is 3. The van der Waals surface area contributed by atoms with Gasteiger partial charge in [0.05, 0.1) is 55.4 Å². The minimum atomic E-state index is -4.17. The summed E-state index contributed by atoms with van der Waals surface area (Å²) >= 11 is 0.955. The van der Waals surface area contributed by atoms with Crippen LogP contribution in [-0.4, -0.2) is 56.8 Å². The number of fused-ring (bicyclic) bond motifs is 2. The number of para-hydroxylation sites is 4. The number of aromatic nitrogens is 4. The Hall–Kier alpha value is -6.03. The second kappa shape index (κ2) is 13.7. The van der Waals surface area contributed by atoms with Gasteiger partial charge >= 0.3 is 0 Å². The number of anilines is 4. The molecule has 7 aromatic rings. The molecule has 0 amide bonds. The Kier molecular flexibility index (Phi) is 8.99. The molecule has 4 aromatic carbocycles. The number of nitrogens with two attached hydrogens (primary N) is 1. The molecule has 3 aromatic heterocycles. The Morgan fingerprint density at radius 2 is 0.961 bits per heavy atom. The lowest BCUT2D eigenvalue weighted by Gasteiger charge is -2.16. The maximum Gasteiger partial charge on any atom is 0.247 e. The molecule has 15 heteroatoms. The first-order chi connectivity index (χ1) is 24.6. The van der Waals surface area contributed by atoms with Crippen LogP contribution in [0.25, 0.3) is 43.9 Å². The largest absolute Gasteiger partial charge is 0.497 e. The third kappa shape index (κ3) is 6.90. The number of hydrogen-bond acceptors (Lipinski definition) is 13. The van der Waals surface area contributed by atoms with E-state index in [1.165, 1.54) is 6.07 Å². The Morgan fingerprint density at radius 3 is 1.37 bits per heavy atom. The molecular formula is C36H31N7O6S2. The zero-order valence-corrected chi connectivity index (χ0v) is 29.4. The van der Waals surface area contributed by atoms with E-state index in [2.05, 4.69) is 10.6 Å². The average Bonchev–Trinajstić information content (AvgIpc) is 3.60. The highest BCUT2D eigenvalue weighted by molar-refractivity contribution is 7.91. The zero-order valence-electron chi connectivity index (χ0n) is 27.8. The molecule has 7 rings (SSSR count). The quantitative estimate of drug-likeness (QED) is 0.123. The van der Waals surface area contributed by atoms with E-state index in [0.717, 1.165) is 11.3 Å². The number of ether oxygens (including phenoxy) is 4. The van der Waals surface area contributed by atoms with Gasteiger partial charge in [-0.05, 0) is 30.3 Å². The molecule has 0 unspecified atom stereocenters. The number of methoxy groups -OCH3 is 4. The predicted molar refractivity (Wildman–Crippen MR) is 198 cm³/mol. The number of sulfonamides is 1. The van der Waals surface area contributed by atoms with Gasteiger partial charge in [-0.3, -0.25) is 0 Å². The van der Waals surface area contributed by atoms with Gasteiger partial charge in [0.15, 0.2) is 11.6 Å². The van der Waals surface area contributed by atoms with E-state index in [0.29, 0.717) is 89.9 Å². The normalized spacial score (nSPS) is 11.4. The Balaban J connectivity index is 1.49. The van der Waals surface area contributed by atoms with Crippen molar-refractivity contribution in [3.63, 3.8) is 0 Å². The summed E-state index contributed by atoms with van der Waals surface area (Å²) in [7, 11) is 2.07. The van der Waals surface area contributed by atoms with Gasteiger partial charge in [-0.2, -0.15) is 0 Å². The summed E-state index contributed by atoms with van der Waals surface area (Å²) in [6.07, 6.45) is 0. The van der Waals surface area contributed by atoms with Crippen molar-refractivity contribution in [1.82, 2.24) is 19.9 Å². The number of primary sulfonamides is 1. The van der Waals surface area contributed by atoms with Crippen molar-refractivity contribution < 1.29 is 27.4 Å². The summed E-state index contributed by atoms with van der Waals surface area (Å²) in [6.45, 7) is 0. The fraction of sp³-hybridized carbons (Fsp3) is 0.111. The van der Waals surface area contributed by atoms with Gasteiger partial charge in [0.25, 0.3) is 0 Å². The fourth-order valence-electron chi connectivity index (χ4n) is 5.41. The molecule has 0 saturated carbocycles. The number of nitrogens with zero attached hydrogens (tertiary/aromatic N) is 4.